The Bertz CT molecular complexity index is 1000. The van der Waals surface area contributed by atoms with Crippen molar-refractivity contribution in [3.63, 3.8) is 0 Å². The van der Waals surface area contributed by atoms with Crippen LogP contribution >= 0.6 is 23.2 Å². The van der Waals surface area contributed by atoms with Crippen LogP contribution in [0.15, 0.2) is 35.3 Å². The maximum absolute atomic E-state index is 12.9. The molecule has 1 atom stereocenters. The molecule has 0 aliphatic heterocycles. The maximum atomic E-state index is 12.9. The minimum atomic E-state index is -0.431. The summed E-state index contributed by atoms with van der Waals surface area (Å²) in [5.41, 5.74) is 0.609. The lowest BCUT2D eigenvalue weighted by atomic mass is 10.1. The van der Waals surface area contributed by atoms with Crippen LogP contribution in [0.2, 0.25) is 10.0 Å². The van der Waals surface area contributed by atoms with E-state index in [1.165, 1.54) is 7.11 Å². The molecule has 0 radical (unpaired) electrons. The lowest BCUT2D eigenvalue weighted by Crippen LogP contribution is -2.28. The summed E-state index contributed by atoms with van der Waals surface area (Å²) in [6.07, 6.45) is 1.28. The fraction of sp³-hybridized carbons (Fsp3) is 0.235. The van der Waals surface area contributed by atoms with E-state index in [0.717, 1.165) is 4.73 Å². The maximum Gasteiger partial charge on any atom is 0.293 e. The van der Waals surface area contributed by atoms with Gasteiger partial charge in [-0.15, -0.1) is 4.73 Å². The minimum Gasteiger partial charge on any atom is -0.412 e. The van der Waals surface area contributed by atoms with E-state index in [1.54, 1.807) is 44.5 Å². The number of benzene rings is 1. The van der Waals surface area contributed by atoms with Crippen molar-refractivity contribution >= 4 is 40.2 Å². The fourth-order valence-electron chi connectivity index (χ4n) is 2.48. The first-order valence-corrected chi connectivity index (χ1v) is 8.43. The van der Waals surface area contributed by atoms with Gasteiger partial charge in [0.2, 0.25) is 5.95 Å². The molecule has 3 aromatic rings. The van der Waals surface area contributed by atoms with E-state index in [4.69, 9.17) is 32.8 Å². The number of aromatic nitrogens is 3. The van der Waals surface area contributed by atoms with Gasteiger partial charge in [0.25, 0.3) is 5.56 Å². The molecule has 1 N–H and O–H groups in total. The van der Waals surface area contributed by atoms with Crippen molar-refractivity contribution in [3.05, 3.63) is 50.9 Å². The van der Waals surface area contributed by atoms with E-state index in [2.05, 4.69) is 15.3 Å². The average molecular weight is 395 g/mol. The van der Waals surface area contributed by atoms with Crippen LogP contribution in [0.3, 0.4) is 0 Å². The predicted molar refractivity (Wildman–Crippen MR) is 102 cm³/mol. The molecule has 7 nitrogen and oxygen atoms in total. The van der Waals surface area contributed by atoms with Gasteiger partial charge in [0.1, 0.15) is 13.3 Å². The highest BCUT2D eigenvalue weighted by molar-refractivity contribution is 6.39. The number of fused-ring (bicyclic) bond motifs is 1. The zero-order valence-electron chi connectivity index (χ0n) is 14.3. The SMILES string of the molecule is COC(C)Nc1ncc2cc(-c3c(Cl)cccc3Cl)c(=O)n(OC)c2n1. The van der Waals surface area contributed by atoms with Crippen molar-refractivity contribution in [2.45, 2.75) is 13.2 Å². The number of pyridine rings is 1. The van der Waals surface area contributed by atoms with Gasteiger partial charge in [0.05, 0.1) is 15.6 Å². The summed E-state index contributed by atoms with van der Waals surface area (Å²) in [6.45, 7) is 1.81. The van der Waals surface area contributed by atoms with Gasteiger partial charge in [-0.3, -0.25) is 4.79 Å². The highest BCUT2D eigenvalue weighted by atomic mass is 35.5. The van der Waals surface area contributed by atoms with Gasteiger partial charge in [-0.25, -0.2) is 4.98 Å². The molecule has 0 fully saturated rings. The van der Waals surface area contributed by atoms with Gasteiger partial charge >= 0.3 is 0 Å². The van der Waals surface area contributed by atoms with E-state index < -0.39 is 5.56 Å². The van der Waals surface area contributed by atoms with Crippen LogP contribution in [0.1, 0.15) is 6.92 Å². The number of nitrogens with zero attached hydrogens (tertiary/aromatic N) is 3. The summed E-state index contributed by atoms with van der Waals surface area (Å²) in [5.74, 6) is 0.306. The second kappa shape index (κ2) is 7.49. The Hall–Kier alpha value is -2.35. The Kier molecular flexibility index (Phi) is 5.31. The number of methoxy groups -OCH3 is 1. The number of hydrogen-bond acceptors (Lipinski definition) is 6. The van der Waals surface area contributed by atoms with Crippen LogP contribution in [0.25, 0.3) is 22.2 Å². The second-order valence-corrected chi connectivity index (χ2v) is 6.25. The normalized spacial score (nSPS) is 12.2. The highest BCUT2D eigenvalue weighted by Crippen LogP contribution is 2.33. The summed E-state index contributed by atoms with van der Waals surface area (Å²) in [5, 5.41) is 4.28. The Balaban J connectivity index is 2.24. The molecule has 0 aliphatic carbocycles. The molecule has 0 saturated heterocycles. The topological polar surface area (TPSA) is 78.3 Å². The van der Waals surface area contributed by atoms with Crippen molar-refractivity contribution < 1.29 is 9.57 Å². The molecule has 1 unspecified atom stereocenters. The van der Waals surface area contributed by atoms with Crippen LogP contribution in [0.5, 0.6) is 0 Å². The predicted octanol–water partition coefficient (Wildman–Crippen LogP) is 3.23. The van der Waals surface area contributed by atoms with Crippen molar-refractivity contribution in [1.29, 1.82) is 0 Å². The Morgan fingerprint density at radius 1 is 1.23 bits per heavy atom. The molecule has 1 aromatic carbocycles. The lowest BCUT2D eigenvalue weighted by Gasteiger charge is -2.14. The number of ether oxygens (including phenoxy) is 1. The number of nitrogens with one attached hydrogen (secondary N) is 1. The molecule has 136 valence electrons. The van der Waals surface area contributed by atoms with Gasteiger partial charge in [-0.1, -0.05) is 29.3 Å². The molecule has 0 spiro atoms. The first-order valence-electron chi connectivity index (χ1n) is 7.67. The monoisotopic (exact) mass is 394 g/mol. The first kappa shape index (κ1) is 18.4. The first-order chi connectivity index (χ1) is 12.5. The Labute approximate surface area is 159 Å². The molecule has 2 heterocycles. The zero-order valence-corrected chi connectivity index (χ0v) is 15.8. The number of rotatable bonds is 5. The van der Waals surface area contributed by atoms with E-state index in [9.17, 15) is 4.79 Å². The third-order valence-electron chi connectivity index (χ3n) is 3.80. The largest absolute Gasteiger partial charge is 0.412 e. The summed E-state index contributed by atoms with van der Waals surface area (Å²) >= 11 is 12.5. The molecule has 0 bridgehead atoms. The average Bonchev–Trinajstić information content (AvgIpc) is 2.62. The van der Waals surface area contributed by atoms with E-state index >= 15 is 0 Å². The van der Waals surface area contributed by atoms with Crippen LogP contribution in [-0.4, -0.2) is 35.1 Å². The van der Waals surface area contributed by atoms with Gasteiger partial charge < -0.3 is 14.9 Å². The van der Waals surface area contributed by atoms with Crippen molar-refractivity contribution in [1.82, 2.24) is 14.7 Å². The lowest BCUT2D eigenvalue weighted by molar-refractivity contribution is 0.140. The molecule has 26 heavy (non-hydrogen) atoms. The summed E-state index contributed by atoms with van der Waals surface area (Å²) in [4.78, 5) is 26.8. The van der Waals surface area contributed by atoms with Crippen LogP contribution in [-0.2, 0) is 4.74 Å². The molecule has 9 heteroatoms. The van der Waals surface area contributed by atoms with Crippen LogP contribution in [0.4, 0.5) is 5.95 Å². The van der Waals surface area contributed by atoms with E-state index in [-0.39, 0.29) is 6.23 Å². The van der Waals surface area contributed by atoms with Gasteiger partial charge in [0.15, 0.2) is 5.65 Å². The summed E-state index contributed by atoms with van der Waals surface area (Å²) in [7, 11) is 2.94. The fourth-order valence-corrected chi connectivity index (χ4v) is 3.08. The summed E-state index contributed by atoms with van der Waals surface area (Å²) in [6, 6.07) is 6.68. The van der Waals surface area contributed by atoms with Crippen molar-refractivity contribution in [3.8, 4) is 11.1 Å². The smallest absolute Gasteiger partial charge is 0.293 e. The third kappa shape index (κ3) is 3.33. The highest BCUT2D eigenvalue weighted by Gasteiger charge is 2.18. The van der Waals surface area contributed by atoms with Crippen LogP contribution in [0, 0.1) is 0 Å². The standard InChI is InChI=1S/C17H16Cl2N4O3/c1-9(25-2)21-17-20-8-10-7-11(14-12(18)5-4-6-13(14)19)16(24)23(26-3)15(10)22-17/h4-9H,1-3H3,(H,20,21,22). The second-order valence-electron chi connectivity index (χ2n) is 5.43. The van der Waals surface area contributed by atoms with Crippen LogP contribution < -0.4 is 15.7 Å². The molecular weight excluding hydrogens is 379 g/mol. The zero-order chi connectivity index (χ0) is 18.8. The van der Waals surface area contributed by atoms with Gasteiger partial charge in [0, 0.05) is 24.3 Å². The number of hydrogen-bond donors (Lipinski definition) is 1. The quantitative estimate of drug-likeness (QED) is 0.669. The molecule has 0 aliphatic rings. The van der Waals surface area contributed by atoms with Crippen molar-refractivity contribution in [2.24, 2.45) is 0 Å². The van der Waals surface area contributed by atoms with Gasteiger partial charge in [-0.2, -0.15) is 4.98 Å². The van der Waals surface area contributed by atoms with Gasteiger partial charge in [-0.05, 0) is 25.1 Å². The molecule has 0 amide bonds. The Morgan fingerprint density at radius 2 is 1.92 bits per heavy atom. The summed E-state index contributed by atoms with van der Waals surface area (Å²) < 4.78 is 6.21. The molecule has 0 saturated carbocycles. The molecule has 3 rings (SSSR count). The number of halogens is 2. The van der Waals surface area contributed by atoms with Crippen molar-refractivity contribution in [2.75, 3.05) is 19.5 Å². The third-order valence-corrected chi connectivity index (χ3v) is 4.43. The van der Waals surface area contributed by atoms with E-state index in [1.807, 2.05) is 0 Å². The minimum absolute atomic E-state index is 0.295. The number of anilines is 1. The Morgan fingerprint density at radius 3 is 2.54 bits per heavy atom. The molecular formula is C17H16Cl2N4O3. The molecule has 2 aromatic heterocycles. The van der Waals surface area contributed by atoms with E-state index in [0.29, 0.717) is 38.2 Å².